The highest BCUT2D eigenvalue weighted by Gasteiger charge is 2.60. The van der Waals surface area contributed by atoms with Gasteiger partial charge in [-0.05, 0) is 231 Å². The lowest BCUT2D eigenvalue weighted by molar-refractivity contribution is -0.209. The van der Waals surface area contributed by atoms with Crippen molar-refractivity contribution in [3.63, 3.8) is 0 Å². The summed E-state index contributed by atoms with van der Waals surface area (Å²) in [6, 6.07) is 32.8. The van der Waals surface area contributed by atoms with E-state index < -0.39 is 93.3 Å². The molecule has 6 aliphatic heterocycles. The van der Waals surface area contributed by atoms with Crippen LogP contribution in [0, 0.1) is 24.4 Å². The maximum Gasteiger partial charge on any atom is 0.416 e. The molecule has 0 radical (unpaired) electrons. The molecule has 0 bridgehead atoms. The summed E-state index contributed by atoms with van der Waals surface area (Å²) in [5.41, 5.74) is -6.53. The van der Waals surface area contributed by atoms with Gasteiger partial charge in [0.05, 0.1) is 51.2 Å². The van der Waals surface area contributed by atoms with Gasteiger partial charge < -0.3 is 47.6 Å². The van der Waals surface area contributed by atoms with Gasteiger partial charge in [-0.3, -0.25) is 38.8 Å². The fourth-order valence-corrected chi connectivity index (χ4v) is 17.6. The quantitative estimate of drug-likeness (QED) is 0.0328. The molecule has 0 aliphatic carbocycles. The highest BCUT2D eigenvalue weighted by Crippen LogP contribution is 2.51. The Morgan fingerprint density at radius 1 is 0.445 bits per heavy atom. The molecule has 6 saturated heterocycles. The van der Waals surface area contributed by atoms with Crippen LogP contribution in [0.3, 0.4) is 0 Å². The van der Waals surface area contributed by atoms with E-state index in [2.05, 4.69) is 32.9 Å². The number of methoxy groups -OCH3 is 3. The SMILES string of the molecule is C#CCOc1cc(C(F)(F)F)ccc1C1CCN(C(=O)[C@]2(F)CN(C(C)(C)C)C[C@H]2c2ccc(OC)cc2)CC1.COOC#CCOc1cc(C(F)(F)F)ccc1C1CCN(C(=O)[C@]2(F)CN(C(C)(C)C)C[C@H]2c2ccc(OC)cc2)CC1.COc1ccc([C@@H]2CN(C(C)(C)C)C[C@@]2(F)C(=O)N2CCC(c3ccc(C(F)(F)F)cc3OCc3cc(=O)[nH]o3)CC2)cc1.Cl. The number of aromatic amines is 1. The molecule has 6 aromatic carbocycles. The maximum absolute atomic E-state index is 17.1. The van der Waals surface area contributed by atoms with Crippen molar-refractivity contribution in [2.24, 2.45) is 0 Å². The van der Waals surface area contributed by atoms with E-state index in [0.29, 0.717) is 97.7 Å². The van der Waals surface area contributed by atoms with Crippen LogP contribution in [-0.2, 0) is 49.3 Å². The highest BCUT2D eigenvalue weighted by molar-refractivity contribution is 5.89. The summed E-state index contributed by atoms with van der Waals surface area (Å²) in [5, 5.41) is 2.12. The fourth-order valence-electron chi connectivity index (χ4n) is 17.6. The zero-order valence-corrected chi connectivity index (χ0v) is 74.8. The summed E-state index contributed by atoms with van der Waals surface area (Å²) in [4.78, 5) is 72.5. The first kappa shape index (κ1) is 99.9. The third kappa shape index (κ3) is 23.5. The molecule has 7 aromatic rings. The van der Waals surface area contributed by atoms with Gasteiger partial charge in [0.15, 0.2) is 18.5 Å². The van der Waals surface area contributed by atoms with Gasteiger partial charge in [-0.15, -0.1) is 18.8 Å². The first-order valence-electron chi connectivity index (χ1n) is 42.2. The predicted molar refractivity (Wildman–Crippen MR) is 459 cm³/mol. The Balaban J connectivity index is 0.000000199. The molecule has 7 heterocycles. The fraction of sp³-hybridized carbons (Fsp3) is 0.516. The Labute approximate surface area is 744 Å². The number of piperidine rings is 3. The van der Waals surface area contributed by atoms with Crippen molar-refractivity contribution in [3.05, 3.63) is 200 Å². The smallest absolute Gasteiger partial charge is 0.416 e. The molecule has 20 nitrogen and oxygen atoms in total. The largest absolute Gasteiger partial charge is 0.497 e. The monoisotopic (exact) mass is 1820 g/mol. The van der Waals surface area contributed by atoms with Gasteiger partial charge in [-0.25, -0.2) is 13.2 Å². The van der Waals surface area contributed by atoms with Gasteiger partial charge in [-0.2, -0.15) is 49.6 Å². The summed E-state index contributed by atoms with van der Waals surface area (Å²) in [5.74, 6) is 2.82. The number of aromatic nitrogens is 1. The molecule has 1 N–H and O–H groups in total. The number of carbonyl (C=O) groups is 3. The molecule has 6 aliphatic rings. The van der Waals surface area contributed by atoms with E-state index in [0.717, 1.165) is 53.6 Å². The van der Waals surface area contributed by atoms with Crippen molar-refractivity contribution in [1.29, 1.82) is 0 Å². The van der Waals surface area contributed by atoms with Crippen LogP contribution in [0.15, 0.2) is 143 Å². The number of alkyl halides is 12. The number of benzene rings is 6. The molecule has 3 amide bonds. The Kier molecular flexibility index (Phi) is 31.9. The maximum atomic E-state index is 17.1. The minimum absolute atomic E-state index is 0. The van der Waals surface area contributed by atoms with E-state index in [9.17, 15) is 58.7 Å². The van der Waals surface area contributed by atoms with Crippen LogP contribution in [0.2, 0.25) is 0 Å². The van der Waals surface area contributed by atoms with Gasteiger partial charge in [0, 0.05) is 113 Å². The lowest BCUT2D eigenvalue weighted by atomic mass is 9.83. The average Bonchev–Trinajstić information content (AvgIpc) is 1.63. The molecule has 6 atom stereocenters. The van der Waals surface area contributed by atoms with E-state index in [1.54, 1.807) is 91.8 Å². The van der Waals surface area contributed by atoms with Crippen LogP contribution in [0.5, 0.6) is 34.5 Å². The Morgan fingerprint density at radius 2 is 0.742 bits per heavy atom. The number of ether oxygens (including phenoxy) is 6. The Hall–Kier alpha value is -10.3. The second kappa shape index (κ2) is 40.8. The molecular weight excluding hydrogens is 1710 g/mol. The van der Waals surface area contributed by atoms with E-state index in [-0.39, 0.29) is 149 Å². The molecule has 128 heavy (non-hydrogen) atoms. The number of nitrogens with zero attached hydrogens (tertiary/aromatic N) is 6. The topological polar surface area (TPSA) is 190 Å². The second-order valence-electron chi connectivity index (χ2n) is 35.9. The van der Waals surface area contributed by atoms with E-state index in [1.807, 2.05) is 89.1 Å². The number of hydrogen-bond acceptors (Lipinski definition) is 16. The zero-order chi connectivity index (χ0) is 92.6. The molecule has 0 unspecified atom stereocenters. The standard InChI is InChI=1S/C32H37F4N3O5.C32H38F4N2O5.C31H36F4N2O3.ClH/c1-30(2,3)39-17-26(21-5-8-23(42-4)9-6-21)31(33,19-39)29(41)38-13-11-20(12-14-38)25-10-7-22(32(34,35)36)15-27(25)43-18-24-16-28(40)37-44-24;1-30(2,3)38-20-27(23-7-10-25(40-4)11-8-23)31(33,21-38)29(39)37-15-13-22(14-16-37)26-12-9-24(32(34,35)36)19-28(26)42-17-6-18-43-41-5;1-6-17-40-27-18-23(31(33,34)35)9-12-25(27)21-13-15-36(16-14-21)28(38)30(32)20-37(29(2,3)4)19-26(30)22-7-10-24(39-5)11-8-22;/h5-10,15-16,20,26H,11-14,17-19H2,1-4H3,(H,37,40);7-12,19,22,27H,13-17,20-21H2,1-5H3;1,7-12,18,21,26H,13-17,19-20H2,2-5H3;1H/t26-,31-;27-,31-;26-,30-;/m000./s1. The van der Waals surface area contributed by atoms with Gasteiger partial charge in [0.2, 0.25) is 17.0 Å². The van der Waals surface area contributed by atoms with E-state index in [4.69, 9.17) is 39.4 Å². The number of amides is 3. The van der Waals surface area contributed by atoms with Crippen LogP contribution in [0.4, 0.5) is 52.7 Å². The van der Waals surface area contributed by atoms with Crippen molar-refractivity contribution in [2.45, 2.75) is 195 Å². The average molecular weight is 1820 g/mol. The molecule has 0 saturated carbocycles. The molecule has 1 aromatic heterocycles. The van der Waals surface area contributed by atoms with Crippen LogP contribution in [0.25, 0.3) is 0 Å². The first-order chi connectivity index (χ1) is 59.7. The number of nitrogens with one attached hydrogen (secondary N) is 1. The minimum Gasteiger partial charge on any atom is -0.497 e. The zero-order valence-electron chi connectivity index (χ0n) is 74.0. The second-order valence-corrected chi connectivity index (χ2v) is 35.9. The number of H-pyrrole nitrogens is 1. The highest BCUT2D eigenvalue weighted by atomic mass is 35.5. The molecule has 6 fully saturated rings. The molecule has 696 valence electrons. The summed E-state index contributed by atoms with van der Waals surface area (Å²) < 4.78 is 209. The van der Waals surface area contributed by atoms with Gasteiger partial charge in [0.25, 0.3) is 23.3 Å². The molecule has 0 spiro atoms. The third-order valence-electron chi connectivity index (χ3n) is 25.0. The van der Waals surface area contributed by atoms with Crippen molar-refractivity contribution in [1.82, 2.24) is 34.6 Å². The van der Waals surface area contributed by atoms with E-state index in [1.165, 1.54) is 30.2 Å². The van der Waals surface area contributed by atoms with E-state index >= 15 is 13.2 Å². The summed E-state index contributed by atoms with van der Waals surface area (Å²) in [6.45, 7) is 20.0. The van der Waals surface area contributed by atoms with Crippen molar-refractivity contribution in [2.75, 3.05) is 120 Å². The summed E-state index contributed by atoms with van der Waals surface area (Å²) in [7, 11) is 5.95. The summed E-state index contributed by atoms with van der Waals surface area (Å²) >= 11 is 0. The number of halogens is 13. The van der Waals surface area contributed by atoms with Gasteiger partial charge >= 0.3 is 18.5 Å². The lowest BCUT2D eigenvalue weighted by Gasteiger charge is -2.38. The lowest BCUT2D eigenvalue weighted by Crippen LogP contribution is -2.53. The molecular formula is C95H112ClF12N7O13. The molecule has 33 heteroatoms. The first-order valence-corrected chi connectivity index (χ1v) is 42.2. The van der Waals surface area contributed by atoms with Crippen LogP contribution >= 0.6 is 12.4 Å². The molecule has 13 rings (SSSR count). The van der Waals surface area contributed by atoms with Crippen LogP contribution in [-0.4, -0.2) is 206 Å². The van der Waals surface area contributed by atoms with Crippen molar-refractivity contribution < 1.29 is 110 Å². The summed E-state index contributed by atoms with van der Waals surface area (Å²) in [6.07, 6.45) is -3.49. The minimum atomic E-state index is -4.58. The number of rotatable bonds is 20. The van der Waals surface area contributed by atoms with Gasteiger partial charge in [0.1, 0.15) is 47.7 Å². The number of carbonyl (C=O) groups excluding carboxylic acids is 3. The predicted octanol–water partition coefficient (Wildman–Crippen LogP) is 18.3. The Bertz CT molecular complexity index is 5090. The van der Waals surface area contributed by atoms with Crippen LogP contribution in [0.1, 0.15) is 192 Å². The Morgan fingerprint density at radius 3 is 1.00 bits per heavy atom. The van der Waals surface area contributed by atoms with Gasteiger partial charge in [-0.1, -0.05) is 60.5 Å². The van der Waals surface area contributed by atoms with Crippen molar-refractivity contribution >= 4 is 30.1 Å². The third-order valence-corrected chi connectivity index (χ3v) is 25.0. The number of hydrogen-bond donors (Lipinski definition) is 1. The number of likely N-dealkylation sites (tertiary alicyclic amines) is 6. The normalized spacial score (nSPS) is 21.9. The van der Waals surface area contributed by atoms with Crippen molar-refractivity contribution in [3.8, 4) is 58.9 Å². The number of terminal acetylenes is 1. The van der Waals surface area contributed by atoms with Crippen LogP contribution < -0.4 is 34.0 Å².